The maximum Gasteiger partial charge on any atom is 0.225 e. The molecule has 1 N–H and O–H groups in total. The van der Waals surface area contributed by atoms with Gasteiger partial charge in [0.05, 0.1) is 6.04 Å². The molecule has 2 atom stereocenters. The lowest BCUT2D eigenvalue weighted by Gasteiger charge is -2.41. The molecule has 37 heavy (non-hydrogen) atoms. The van der Waals surface area contributed by atoms with E-state index >= 15 is 0 Å². The predicted molar refractivity (Wildman–Crippen MR) is 154 cm³/mol. The lowest BCUT2D eigenvalue weighted by molar-refractivity contribution is -0.136. The summed E-state index contributed by atoms with van der Waals surface area (Å²) in [7, 11) is 2.19. The van der Waals surface area contributed by atoms with Gasteiger partial charge < -0.3 is 24.8 Å². The number of piperazine rings is 1. The lowest BCUT2D eigenvalue weighted by atomic mass is 9.88. The van der Waals surface area contributed by atoms with Gasteiger partial charge in [0.1, 0.15) is 6.29 Å². The summed E-state index contributed by atoms with van der Waals surface area (Å²) in [5.41, 5.74) is 4.99. The van der Waals surface area contributed by atoms with Gasteiger partial charge in [-0.25, -0.2) is 0 Å². The summed E-state index contributed by atoms with van der Waals surface area (Å²) in [6.07, 6.45) is 7.67. The molecule has 3 aliphatic rings. The molecule has 2 fully saturated rings. The molecule has 2 aromatic rings. The van der Waals surface area contributed by atoms with E-state index in [0.717, 1.165) is 62.4 Å². The molecule has 6 nitrogen and oxygen atoms in total. The number of anilines is 3. The summed E-state index contributed by atoms with van der Waals surface area (Å²) in [6, 6.07) is 15.6. The van der Waals surface area contributed by atoms with Gasteiger partial charge in [0.25, 0.3) is 0 Å². The van der Waals surface area contributed by atoms with Crippen molar-refractivity contribution in [2.45, 2.75) is 64.5 Å². The molecule has 5 rings (SSSR count). The van der Waals surface area contributed by atoms with Crippen LogP contribution < -0.4 is 15.1 Å². The van der Waals surface area contributed by atoms with Crippen LogP contribution in [0.2, 0.25) is 5.02 Å². The number of aldehydes is 1. The van der Waals surface area contributed by atoms with E-state index in [2.05, 4.69) is 64.3 Å². The number of halogens is 1. The highest BCUT2D eigenvalue weighted by molar-refractivity contribution is 6.30. The fraction of sp³-hybridized carbons (Fsp3) is 0.533. The quantitative estimate of drug-likeness (QED) is 0.486. The highest BCUT2D eigenvalue weighted by Crippen LogP contribution is 2.40. The third-order valence-electron chi connectivity index (χ3n) is 8.10. The number of benzene rings is 2. The number of amides is 1. The zero-order valence-electron chi connectivity index (χ0n) is 22.5. The first kappa shape index (κ1) is 27.3. The van der Waals surface area contributed by atoms with Crippen LogP contribution in [0.15, 0.2) is 42.5 Å². The second-order valence-electron chi connectivity index (χ2n) is 10.5. The average Bonchev–Trinajstić information content (AvgIpc) is 2.93. The number of carbonyl (C=O) groups is 2. The van der Waals surface area contributed by atoms with Crippen molar-refractivity contribution in [3.8, 4) is 0 Å². The average molecular weight is 525 g/mol. The number of carbonyl (C=O) groups excluding carboxylic acids is 2. The van der Waals surface area contributed by atoms with Crippen LogP contribution in [0.3, 0.4) is 0 Å². The Kier molecular flexibility index (Phi) is 9.36. The van der Waals surface area contributed by atoms with Crippen LogP contribution in [0, 0.1) is 5.92 Å². The molecular weight excluding hydrogens is 484 g/mol. The van der Waals surface area contributed by atoms with E-state index in [1.54, 1.807) is 0 Å². The maximum absolute atomic E-state index is 13.0. The summed E-state index contributed by atoms with van der Waals surface area (Å²) >= 11 is 6.09. The van der Waals surface area contributed by atoms with Crippen LogP contribution >= 0.6 is 11.6 Å². The lowest BCUT2D eigenvalue weighted by Crippen LogP contribution is -2.50. The number of rotatable bonds is 4. The van der Waals surface area contributed by atoms with Crippen LogP contribution in [-0.2, 0) is 9.59 Å². The molecule has 200 valence electrons. The van der Waals surface area contributed by atoms with Gasteiger partial charge in [-0.05, 0) is 81.1 Å². The SMILES string of the molecule is CC1CC(Nc2ccc(Cl)cc2)c2cc(N3CCN(C(=O)C4CCCCC4)CC3)ccc2N1C.CC=O. The first-order valence-corrected chi connectivity index (χ1v) is 14.1. The molecule has 2 heterocycles. The zero-order chi connectivity index (χ0) is 26.4. The largest absolute Gasteiger partial charge is 0.378 e. The molecule has 0 bridgehead atoms. The van der Waals surface area contributed by atoms with E-state index in [1.165, 1.54) is 43.1 Å². The van der Waals surface area contributed by atoms with Crippen molar-refractivity contribution in [3.63, 3.8) is 0 Å². The number of hydrogen-bond donors (Lipinski definition) is 1. The Morgan fingerprint density at radius 1 is 1.00 bits per heavy atom. The van der Waals surface area contributed by atoms with Crippen LogP contribution in [0.4, 0.5) is 17.1 Å². The van der Waals surface area contributed by atoms with Gasteiger partial charge in [-0.15, -0.1) is 0 Å². The Balaban J connectivity index is 0.00000102. The second-order valence-corrected chi connectivity index (χ2v) is 11.0. The Morgan fingerprint density at radius 2 is 1.65 bits per heavy atom. The van der Waals surface area contributed by atoms with Gasteiger partial charge in [-0.2, -0.15) is 0 Å². The molecule has 2 unspecified atom stereocenters. The Hall–Kier alpha value is -2.73. The van der Waals surface area contributed by atoms with Crippen LogP contribution in [0.1, 0.15) is 64.0 Å². The van der Waals surface area contributed by atoms with Gasteiger partial charge in [0.15, 0.2) is 0 Å². The predicted octanol–water partition coefficient (Wildman–Crippen LogP) is 6.16. The number of fused-ring (bicyclic) bond motifs is 1. The normalized spacial score (nSPS) is 22.0. The van der Waals surface area contributed by atoms with E-state index in [1.807, 2.05) is 12.1 Å². The minimum absolute atomic E-state index is 0.247. The molecule has 7 heteroatoms. The summed E-state index contributed by atoms with van der Waals surface area (Å²) < 4.78 is 0. The molecule has 0 radical (unpaired) electrons. The summed E-state index contributed by atoms with van der Waals surface area (Å²) in [6.45, 7) is 7.19. The third-order valence-corrected chi connectivity index (χ3v) is 8.35. The van der Waals surface area contributed by atoms with E-state index in [-0.39, 0.29) is 12.0 Å². The fourth-order valence-corrected chi connectivity index (χ4v) is 6.01. The minimum Gasteiger partial charge on any atom is -0.378 e. The van der Waals surface area contributed by atoms with E-state index < -0.39 is 0 Å². The van der Waals surface area contributed by atoms with Crippen molar-refractivity contribution in [3.05, 3.63) is 53.1 Å². The topological polar surface area (TPSA) is 55.9 Å². The molecule has 1 saturated carbocycles. The number of nitrogens with zero attached hydrogens (tertiary/aromatic N) is 3. The van der Waals surface area contributed by atoms with E-state index in [0.29, 0.717) is 11.9 Å². The highest BCUT2D eigenvalue weighted by atomic mass is 35.5. The molecule has 1 saturated heterocycles. The summed E-state index contributed by atoms with van der Waals surface area (Å²) in [4.78, 5) is 28.7. The maximum atomic E-state index is 13.0. The van der Waals surface area contributed by atoms with Crippen molar-refractivity contribution in [1.29, 1.82) is 0 Å². The van der Waals surface area contributed by atoms with Gasteiger partial charge in [0, 0.05) is 67.3 Å². The Morgan fingerprint density at radius 3 is 2.30 bits per heavy atom. The van der Waals surface area contributed by atoms with Crippen LogP contribution in [0.25, 0.3) is 0 Å². The van der Waals surface area contributed by atoms with Crippen molar-refractivity contribution in [1.82, 2.24) is 4.90 Å². The molecule has 1 amide bonds. The molecule has 1 aliphatic carbocycles. The molecule has 2 aliphatic heterocycles. The Labute approximate surface area is 227 Å². The molecule has 0 spiro atoms. The molecular formula is C30H41ClN4O2. The Bertz CT molecular complexity index is 1050. The van der Waals surface area contributed by atoms with Crippen molar-refractivity contribution in [2.75, 3.05) is 48.3 Å². The van der Waals surface area contributed by atoms with Crippen LogP contribution in [-0.4, -0.2) is 56.4 Å². The van der Waals surface area contributed by atoms with Crippen molar-refractivity contribution < 1.29 is 9.59 Å². The summed E-state index contributed by atoms with van der Waals surface area (Å²) in [5.74, 6) is 0.661. The first-order chi connectivity index (χ1) is 17.9. The number of nitrogens with one attached hydrogen (secondary N) is 1. The van der Waals surface area contributed by atoms with Gasteiger partial charge in [-0.3, -0.25) is 4.79 Å². The highest BCUT2D eigenvalue weighted by Gasteiger charge is 2.31. The molecule has 0 aromatic heterocycles. The third kappa shape index (κ3) is 6.59. The van der Waals surface area contributed by atoms with E-state index in [9.17, 15) is 4.79 Å². The first-order valence-electron chi connectivity index (χ1n) is 13.7. The van der Waals surface area contributed by atoms with Crippen LogP contribution in [0.5, 0.6) is 0 Å². The zero-order valence-corrected chi connectivity index (χ0v) is 23.2. The summed E-state index contributed by atoms with van der Waals surface area (Å²) in [5, 5.41) is 4.50. The van der Waals surface area contributed by atoms with Crippen molar-refractivity contribution in [2.24, 2.45) is 5.92 Å². The minimum atomic E-state index is 0.247. The standard InChI is InChI=1S/C28H37ClN4O.C2H4O/c1-20-18-26(30-23-10-8-22(29)9-11-23)25-19-24(12-13-27(25)31(20)2)32-14-16-33(17-15-32)28(34)21-6-4-3-5-7-21;1-2-3/h8-13,19-21,26,30H,3-7,14-18H2,1-2H3;2H,1H3. The van der Waals surface area contributed by atoms with Gasteiger partial charge >= 0.3 is 0 Å². The number of hydrogen-bond acceptors (Lipinski definition) is 5. The van der Waals surface area contributed by atoms with Crippen molar-refractivity contribution >= 4 is 40.9 Å². The van der Waals surface area contributed by atoms with Gasteiger partial charge in [0.2, 0.25) is 5.91 Å². The van der Waals surface area contributed by atoms with Gasteiger partial charge in [-0.1, -0.05) is 30.9 Å². The van der Waals surface area contributed by atoms with E-state index in [4.69, 9.17) is 16.4 Å². The fourth-order valence-electron chi connectivity index (χ4n) is 5.88. The smallest absolute Gasteiger partial charge is 0.225 e. The monoisotopic (exact) mass is 524 g/mol. The molecule has 2 aromatic carbocycles. The second kappa shape index (κ2) is 12.7.